The molecule has 176 valence electrons. The molecule has 1 saturated carbocycles. The van der Waals surface area contributed by atoms with Gasteiger partial charge >= 0.3 is 0 Å². The monoisotopic (exact) mass is 447 g/mol. The number of ether oxygens (including phenoxy) is 1. The van der Waals surface area contributed by atoms with Crippen LogP contribution < -0.4 is 4.74 Å². The highest BCUT2D eigenvalue weighted by molar-refractivity contribution is 5.78. The number of nitrogens with zero attached hydrogens (tertiary/aromatic N) is 3. The Morgan fingerprint density at radius 1 is 0.879 bits per heavy atom. The van der Waals surface area contributed by atoms with Gasteiger partial charge < -0.3 is 9.64 Å². The fourth-order valence-corrected chi connectivity index (χ4v) is 5.78. The van der Waals surface area contributed by atoms with Gasteiger partial charge in [-0.1, -0.05) is 49.6 Å². The van der Waals surface area contributed by atoms with E-state index in [1.54, 1.807) is 7.11 Å². The summed E-state index contributed by atoms with van der Waals surface area (Å²) in [5.74, 6) is 1.18. The van der Waals surface area contributed by atoms with Gasteiger partial charge in [0.05, 0.1) is 13.7 Å². The average Bonchev–Trinajstić information content (AvgIpc) is 2.89. The Morgan fingerprint density at radius 2 is 1.61 bits per heavy atom. The Balaban J connectivity index is 1.14. The minimum Gasteiger partial charge on any atom is -0.497 e. The molecule has 5 rings (SSSR count). The van der Waals surface area contributed by atoms with Crippen molar-refractivity contribution in [3.8, 4) is 16.9 Å². The zero-order chi connectivity index (χ0) is 22.6. The number of carbonyl (C=O) groups is 1. The van der Waals surface area contributed by atoms with Crippen LogP contribution in [0.4, 0.5) is 0 Å². The second-order valence-corrected chi connectivity index (χ2v) is 9.88. The maximum Gasteiger partial charge on any atom is 0.236 e. The van der Waals surface area contributed by atoms with Crippen LogP contribution in [0.15, 0.2) is 42.5 Å². The molecule has 5 nitrogen and oxygen atoms in total. The first-order valence-corrected chi connectivity index (χ1v) is 12.7. The predicted molar refractivity (Wildman–Crippen MR) is 132 cm³/mol. The van der Waals surface area contributed by atoms with Crippen molar-refractivity contribution in [2.45, 2.75) is 51.1 Å². The van der Waals surface area contributed by atoms with Gasteiger partial charge in [-0.3, -0.25) is 14.6 Å². The lowest BCUT2D eigenvalue weighted by atomic mass is 9.94. The molecule has 0 aromatic heterocycles. The van der Waals surface area contributed by atoms with E-state index >= 15 is 0 Å². The minimum absolute atomic E-state index is 0.302. The third kappa shape index (κ3) is 5.25. The Morgan fingerprint density at radius 3 is 2.33 bits per heavy atom. The highest BCUT2D eigenvalue weighted by Crippen LogP contribution is 2.28. The van der Waals surface area contributed by atoms with E-state index in [4.69, 9.17) is 4.74 Å². The number of benzene rings is 2. The zero-order valence-corrected chi connectivity index (χ0v) is 20.0. The van der Waals surface area contributed by atoms with Crippen molar-refractivity contribution < 1.29 is 9.53 Å². The topological polar surface area (TPSA) is 36.0 Å². The summed E-state index contributed by atoms with van der Waals surface area (Å²) in [7, 11) is 1.70. The van der Waals surface area contributed by atoms with Crippen molar-refractivity contribution in [2.24, 2.45) is 0 Å². The summed E-state index contributed by atoms with van der Waals surface area (Å²) < 4.78 is 5.28. The summed E-state index contributed by atoms with van der Waals surface area (Å²) in [4.78, 5) is 20.1. The molecule has 5 heteroatoms. The number of hydrogen-bond donors (Lipinski definition) is 0. The van der Waals surface area contributed by atoms with E-state index in [2.05, 4.69) is 45.0 Å². The third-order valence-electron chi connectivity index (χ3n) is 7.84. The maximum atomic E-state index is 13.0. The second-order valence-electron chi connectivity index (χ2n) is 9.88. The summed E-state index contributed by atoms with van der Waals surface area (Å²) >= 11 is 0. The second kappa shape index (κ2) is 10.3. The lowest BCUT2D eigenvalue weighted by Crippen LogP contribution is -2.54. The van der Waals surface area contributed by atoms with Crippen molar-refractivity contribution in [3.05, 3.63) is 53.6 Å². The normalized spacial score (nSPS) is 20.5. The van der Waals surface area contributed by atoms with Gasteiger partial charge in [-0.05, 0) is 53.6 Å². The van der Waals surface area contributed by atoms with E-state index in [0.29, 0.717) is 12.5 Å². The van der Waals surface area contributed by atoms with E-state index in [1.165, 1.54) is 54.4 Å². The summed E-state index contributed by atoms with van der Waals surface area (Å²) in [6, 6.07) is 15.8. The lowest BCUT2D eigenvalue weighted by molar-refractivity contribution is -0.134. The van der Waals surface area contributed by atoms with Crippen molar-refractivity contribution in [2.75, 3.05) is 46.4 Å². The van der Waals surface area contributed by atoms with Crippen LogP contribution in [0.5, 0.6) is 5.75 Å². The van der Waals surface area contributed by atoms with Crippen LogP contribution >= 0.6 is 0 Å². The molecule has 1 saturated heterocycles. The molecule has 1 amide bonds. The van der Waals surface area contributed by atoms with E-state index in [1.807, 2.05) is 12.1 Å². The van der Waals surface area contributed by atoms with Gasteiger partial charge in [-0.25, -0.2) is 0 Å². The first-order chi connectivity index (χ1) is 16.2. The average molecular weight is 448 g/mol. The zero-order valence-electron chi connectivity index (χ0n) is 20.0. The number of amides is 1. The quantitative estimate of drug-likeness (QED) is 0.688. The fraction of sp³-hybridized carbons (Fsp3) is 0.536. The lowest BCUT2D eigenvalue weighted by Gasteiger charge is -2.41. The van der Waals surface area contributed by atoms with E-state index in [9.17, 15) is 4.79 Å². The van der Waals surface area contributed by atoms with E-state index < -0.39 is 0 Å². The van der Waals surface area contributed by atoms with Crippen molar-refractivity contribution in [1.82, 2.24) is 14.7 Å². The van der Waals surface area contributed by atoms with E-state index in [-0.39, 0.29) is 0 Å². The fourth-order valence-electron chi connectivity index (χ4n) is 5.78. The standard InChI is InChI=1S/C28H37N3O2/c1-33-27-11-9-22(10-12-27)23-7-8-25-20-29(14-13-24(25)19-23)21-28(32)31-17-15-30(16-18-31)26-5-3-2-4-6-26/h7-12,19,26H,2-6,13-18,20-21H2,1H3. The molecule has 2 aromatic rings. The van der Waals surface area contributed by atoms with Gasteiger partial charge in [0, 0.05) is 45.3 Å². The highest BCUT2D eigenvalue weighted by Gasteiger charge is 2.28. The molecule has 3 aliphatic rings. The molecule has 2 aromatic carbocycles. The molecule has 0 N–H and O–H groups in total. The Labute approximate surface area is 198 Å². The predicted octanol–water partition coefficient (Wildman–Crippen LogP) is 4.20. The Hall–Kier alpha value is -2.37. The van der Waals surface area contributed by atoms with Crippen LogP contribution in [-0.4, -0.2) is 73.0 Å². The number of rotatable bonds is 5. The molecule has 0 spiro atoms. The van der Waals surface area contributed by atoms with Crippen LogP contribution in [-0.2, 0) is 17.8 Å². The van der Waals surface area contributed by atoms with Crippen molar-refractivity contribution in [3.63, 3.8) is 0 Å². The van der Waals surface area contributed by atoms with Crippen LogP contribution in [0.25, 0.3) is 11.1 Å². The number of carbonyl (C=O) groups excluding carboxylic acids is 1. The molecule has 2 heterocycles. The molecule has 1 aliphatic carbocycles. The maximum absolute atomic E-state index is 13.0. The summed E-state index contributed by atoms with van der Waals surface area (Å²) in [6.45, 7) is 6.25. The number of fused-ring (bicyclic) bond motifs is 1. The summed E-state index contributed by atoms with van der Waals surface area (Å²) in [5, 5.41) is 0. The van der Waals surface area contributed by atoms with Crippen LogP contribution in [0.1, 0.15) is 43.2 Å². The Kier molecular flexibility index (Phi) is 6.98. The van der Waals surface area contributed by atoms with Gasteiger partial charge in [0.25, 0.3) is 0 Å². The molecule has 33 heavy (non-hydrogen) atoms. The molecular formula is C28H37N3O2. The number of methoxy groups -OCH3 is 1. The first kappa shape index (κ1) is 22.4. The number of piperazine rings is 1. The molecule has 0 atom stereocenters. The van der Waals surface area contributed by atoms with Gasteiger partial charge in [-0.2, -0.15) is 0 Å². The van der Waals surface area contributed by atoms with Crippen LogP contribution in [0.3, 0.4) is 0 Å². The SMILES string of the molecule is COc1ccc(-c2ccc3c(c2)CCN(CC(=O)N2CCN(C4CCCCC4)CC2)C3)cc1. The third-order valence-corrected chi connectivity index (χ3v) is 7.84. The van der Waals surface area contributed by atoms with E-state index in [0.717, 1.165) is 57.5 Å². The summed E-state index contributed by atoms with van der Waals surface area (Å²) in [5.41, 5.74) is 5.22. The van der Waals surface area contributed by atoms with Crippen LogP contribution in [0.2, 0.25) is 0 Å². The molecule has 2 fully saturated rings. The molecule has 0 radical (unpaired) electrons. The summed E-state index contributed by atoms with van der Waals surface area (Å²) in [6.07, 6.45) is 7.85. The molecule has 0 bridgehead atoms. The van der Waals surface area contributed by atoms with Gasteiger partial charge in [0.15, 0.2) is 0 Å². The first-order valence-electron chi connectivity index (χ1n) is 12.7. The highest BCUT2D eigenvalue weighted by atomic mass is 16.5. The smallest absolute Gasteiger partial charge is 0.236 e. The molecule has 0 unspecified atom stereocenters. The largest absolute Gasteiger partial charge is 0.497 e. The van der Waals surface area contributed by atoms with Crippen LogP contribution in [0, 0.1) is 0 Å². The number of hydrogen-bond acceptors (Lipinski definition) is 4. The van der Waals surface area contributed by atoms with Gasteiger partial charge in [0.2, 0.25) is 5.91 Å². The Bertz CT molecular complexity index is 944. The van der Waals surface area contributed by atoms with Gasteiger partial charge in [-0.15, -0.1) is 0 Å². The molecular weight excluding hydrogens is 410 g/mol. The van der Waals surface area contributed by atoms with Crippen molar-refractivity contribution in [1.29, 1.82) is 0 Å². The minimum atomic E-state index is 0.302. The van der Waals surface area contributed by atoms with Gasteiger partial charge in [0.1, 0.15) is 5.75 Å². The van der Waals surface area contributed by atoms with Crippen molar-refractivity contribution >= 4 is 5.91 Å². The molecule has 2 aliphatic heterocycles.